The summed E-state index contributed by atoms with van der Waals surface area (Å²) in [5.41, 5.74) is 0.945. The molecule has 94 valence electrons. The second-order valence-corrected chi connectivity index (χ2v) is 5.38. The van der Waals surface area contributed by atoms with Gasteiger partial charge in [0, 0.05) is 16.2 Å². The summed E-state index contributed by atoms with van der Waals surface area (Å²) in [6, 6.07) is 7.95. The smallest absolute Gasteiger partial charge is 0.239 e. The van der Waals surface area contributed by atoms with Crippen LogP contribution in [0.15, 0.2) is 28.7 Å². The van der Waals surface area contributed by atoms with Crippen LogP contribution in [-0.2, 0) is 4.79 Å². The van der Waals surface area contributed by atoms with Gasteiger partial charge in [-0.2, -0.15) is 0 Å². The minimum absolute atomic E-state index is 0.0223. The Bertz CT molecular complexity index is 362. The zero-order valence-electron chi connectivity index (χ0n) is 10.5. The van der Waals surface area contributed by atoms with E-state index in [9.17, 15) is 4.79 Å². The number of hydrogen-bond donors (Lipinski definition) is 2. The minimum Gasteiger partial charge on any atom is -0.376 e. The first-order valence-corrected chi connectivity index (χ1v) is 6.57. The Morgan fingerprint density at radius 1 is 1.24 bits per heavy atom. The number of halogens is 1. The lowest BCUT2D eigenvalue weighted by Gasteiger charge is -2.17. The molecule has 1 aromatic rings. The lowest BCUT2D eigenvalue weighted by molar-refractivity contribution is -0.120. The van der Waals surface area contributed by atoms with E-state index in [2.05, 4.69) is 40.4 Å². The Kier molecular flexibility index (Phi) is 5.48. The molecule has 2 N–H and O–H groups in total. The van der Waals surface area contributed by atoms with Gasteiger partial charge in [-0.15, -0.1) is 0 Å². The van der Waals surface area contributed by atoms with Gasteiger partial charge in [0.15, 0.2) is 0 Å². The molecule has 1 amide bonds. The molecule has 0 aliphatic carbocycles. The van der Waals surface area contributed by atoms with E-state index in [-0.39, 0.29) is 11.9 Å². The highest BCUT2D eigenvalue weighted by atomic mass is 79.9. The van der Waals surface area contributed by atoms with Crippen molar-refractivity contribution in [2.75, 3.05) is 11.9 Å². The van der Waals surface area contributed by atoms with Gasteiger partial charge >= 0.3 is 0 Å². The fourth-order valence-electron chi connectivity index (χ4n) is 1.22. The predicted octanol–water partition coefficient (Wildman–Crippen LogP) is 3.02. The van der Waals surface area contributed by atoms with Crippen LogP contribution in [0.5, 0.6) is 0 Å². The number of anilines is 1. The van der Waals surface area contributed by atoms with Gasteiger partial charge in [-0.1, -0.05) is 29.8 Å². The topological polar surface area (TPSA) is 41.1 Å². The molecule has 3 nitrogen and oxygen atoms in total. The van der Waals surface area contributed by atoms with E-state index in [0.29, 0.717) is 12.5 Å². The number of hydrogen-bond acceptors (Lipinski definition) is 2. The maximum atomic E-state index is 11.6. The molecule has 0 saturated carbocycles. The summed E-state index contributed by atoms with van der Waals surface area (Å²) in [7, 11) is 0. The van der Waals surface area contributed by atoms with Crippen LogP contribution in [0.1, 0.15) is 20.8 Å². The molecule has 1 unspecified atom stereocenters. The van der Waals surface area contributed by atoms with Crippen LogP contribution < -0.4 is 10.6 Å². The molecular formula is C13H19BrN2O. The summed E-state index contributed by atoms with van der Waals surface area (Å²) in [6.45, 7) is 6.50. The molecule has 1 rings (SSSR count). The Morgan fingerprint density at radius 3 is 2.35 bits per heavy atom. The van der Waals surface area contributed by atoms with Crippen LogP contribution in [0, 0.1) is 5.92 Å². The maximum absolute atomic E-state index is 11.6. The zero-order valence-corrected chi connectivity index (χ0v) is 12.0. The van der Waals surface area contributed by atoms with E-state index >= 15 is 0 Å². The Morgan fingerprint density at radius 2 is 1.82 bits per heavy atom. The number of carbonyl (C=O) groups is 1. The van der Waals surface area contributed by atoms with Crippen molar-refractivity contribution in [2.45, 2.75) is 26.8 Å². The molecule has 1 aromatic carbocycles. The fourth-order valence-corrected chi connectivity index (χ4v) is 1.49. The van der Waals surface area contributed by atoms with E-state index in [1.807, 2.05) is 31.2 Å². The summed E-state index contributed by atoms with van der Waals surface area (Å²) in [4.78, 5) is 11.6. The van der Waals surface area contributed by atoms with Crippen molar-refractivity contribution in [3.8, 4) is 0 Å². The third-order valence-electron chi connectivity index (χ3n) is 2.69. The first-order valence-electron chi connectivity index (χ1n) is 5.78. The fraction of sp³-hybridized carbons (Fsp3) is 0.462. The lowest BCUT2D eigenvalue weighted by atomic mass is 10.1. The molecule has 0 aromatic heterocycles. The summed E-state index contributed by atoms with van der Waals surface area (Å²) in [5, 5.41) is 6.03. The van der Waals surface area contributed by atoms with Crippen molar-refractivity contribution in [1.82, 2.24) is 5.32 Å². The van der Waals surface area contributed by atoms with Crippen molar-refractivity contribution in [3.05, 3.63) is 28.7 Å². The highest BCUT2D eigenvalue weighted by Gasteiger charge is 2.09. The molecule has 0 radical (unpaired) electrons. The zero-order chi connectivity index (χ0) is 12.8. The molecule has 1 atom stereocenters. The van der Waals surface area contributed by atoms with Crippen LogP contribution in [0.25, 0.3) is 0 Å². The van der Waals surface area contributed by atoms with Gasteiger partial charge in [0.2, 0.25) is 5.91 Å². The quantitative estimate of drug-likeness (QED) is 0.877. The molecule has 0 spiro atoms. The summed E-state index contributed by atoms with van der Waals surface area (Å²) in [6.07, 6.45) is 0. The van der Waals surface area contributed by atoms with Gasteiger partial charge in [-0.05, 0) is 37.1 Å². The molecule has 0 heterocycles. The molecule has 0 saturated heterocycles. The first kappa shape index (κ1) is 14.0. The Hall–Kier alpha value is -1.03. The van der Waals surface area contributed by atoms with E-state index in [4.69, 9.17) is 0 Å². The average Bonchev–Trinajstić information content (AvgIpc) is 2.28. The second kappa shape index (κ2) is 6.64. The monoisotopic (exact) mass is 298 g/mol. The third kappa shape index (κ3) is 5.22. The Labute approximate surface area is 111 Å². The predicted molar refractivity (Wildman–Crippen MR) is 75.1 cm³/mol. The summed E-state index contributed by atoms with van der Waals surface area (Å²) in [5.74, 6) is 0.473. The minimum atomic E-state index is 0.0223. The van der Waals surface area contributed by atoms with Gasteiger partial charge in [0.05, 0.1) is 6.54 Å². The number of carbonyl (C=O) groups excluding carboxylic acids is 1. The highest BCUT2D eigenvalue weighted by molar-refractivity contribution is 9.10. The molecule has 0 aliphatic rings. The van der Waals surface area contributed by atoms with Crippen LogP contribution >= 0.6 is 15.9 Å². The van der Waals surface area contributed by atoms with Crippen molar-refractivity contribution < 1.29 is 4.79 Å². The van der Waals surface area contributed by atoms with Crippen molar-refractivity contribution >= 4 is 27.5 Å². The lowest BCUT2D eigenvalue weighted by Crippen LogP contribution is -2.39. The normalized spacial score (nSPS) is 12.3. The van der Waals surface area contributed by atoms with Gasteiger partial charge in [-0.3, -0.25) is 4.79 Å². The van der Waals surface area contributed by atoms with Gasteiger partial charge in [0.1, 0.15) is 0 Å². The molecule has 0 fully saturated rings. The molecule has 4 heteroatoms. The number of amides is 1. The van der Waals surface area contributed by atoms with E-state index in [1.54, 1.807) is 0 Å². The summed E-state index contributed by atoms with van der Waals surface area (Å²) >= 11 is 3.37. The summed E-state index contributed by atoms with van der Waals surface area (Å²) < 4.78 is 1.03. The van der Waals surface area contributed by atoms with E-state index in [1.165, 1.54) is 0 Å². The highest BCUT2D eigenvalue weighted by Crippen LogP contribution is 2.13. The molecule has 17 heavy (non-hydrogen) atoms. The van der Waals surface area contributed by atoms with Crippen LogP contribution in [0.2, 0.25) is 0 Å². The van der Waals surface area contributed by atoms with Crippen LogP contribution in [0.3, 0.4) is 0 Å². The molecule has 0 aliphatic heterocycles. The van der Waals surface area contributed by atoms with Crippen LogP contribution in [-0.4, -0.2) is 18.5 Å². The van der Waals surface area contributed by atoms with Gasteiger partial charge in [-0.25, -0.2) is 0 Å². The van der Waals surface area contributed by atoms with Crippen molar-refractivity contribution in [2.24, 2.45) is 5.92 Å². The van der Waals surface area contributed by atoms with Gasteiger partial charge in [0.25, 0.3) is 0 Å². The van der Waals surface area contributed by atoms with Crippen molar-refractivity contribution in [3.63, 3.8) is 0 Å². The standard InChI is InChI=1S/C13H19BrN2O/c1-9(2)10(3)16-13(17)8-15-12-6-4-11(14)5-7-12/h4-7,9-10,15H,8H2,1-3H3,(H,16,17). The SMILES string of the molecule is CC(C)C(C)NC(=O)CNc1ccc(Br)cc1. The van der Waals surface area contributed by atoms with Crippen molar-refractivity contribution in [1.29, 1.82) is 0 Å². The van der Waals surface area contributed by atoms with Gasteiger partial charge < -0.3 is 10.6 Å². The molecular weight excluding hydrogens is 280 g/mol. The van der Waals surface area contributed by atoms with E-state index < -0.39 is 0 Å². The number of nitrogens with one attached hydrogen (secondary N) is 2. The Balaban J connectivity index is 2.35. The second-order valence-electron chi connectivity index (χ2n) is 4.46. The number of benzene rings is 1. The third-order valence-corrected chi connectivity index (χ3v) is 3.21. The van der Waals surface area contributed by atoms with Crippen LogP contribution in [0.4, 0.5) is 5.69 Å². The maximum Gasteiger partial charge on any atom is 0.239 e. The van der Waals surface area contributed by atoms with E-state index in [0.717, 1.165) is 10.2 Å². The first-order chi connectivity index (χ1) is 7.99. The number of rotatable bonds is 5. The largest absolute Gasteiger partial charge is 0.376 e. The average molecular weight is 299 g/mol. The molecule has 0 bridgehead atoms.